The van der Waals surface area contributed by atoms with E-state index < -0.39 is 36.3 Å². The second-order valence-corrected chi connectivity index (χ2v) is 6.45. The number of anilines is 1. The second kappa shape index (κ2) is 9.51. The van der Waals surface area contributed by atoms with E-state index in [4.69, 9.17) is 15.2 Å². The lowest BCUT2D eigenvalue weighted by Crippen LogP contribution is -2.36. The minimum atomic E-state index is -1.14. The number of amides is 3. The summed E-state index contributed by atoms with van der Waals surface area (Å²) in [6.07, 6.45) is -1.14. The summed E-state index contributed by atoms with van der Waals surface area (Å²) in [7, 11) is 1.43. The van der Waals surface area contributed by atoms with Crippen molar-refractivity contribution in [1.82, 2.24) is 5.32 Å². The van der Waals surface area contributed by atoms with E-state index in [-0.39, 0.29) is 16.1 Å². The first-order valence-electron chi connectivity index (χ1n) is 8.12. The zero-order valence-corrected chi connectivity index (χ0v) is 16.0. The lowest BCUT2D eigenvalue weighted by Gasteiger charge is -2.14. The summed E-state index contributed by atoms with van der Waals surface area (Å²) < 4.78 is 10.1. The minimum absolute atomic E-state index is 0.168. The van der Waals surface area contributed by atoms with Crippen molar-refractivity contribution in [3.05, 3.63) is 46.8 Å². The molecule has 0 aliphatic rings. The Bertz CT molecular complexity index is 895. The van der Waals surface area contributed by atoms with Crippen LogP contribution in [0.15, 0.2) is 35.7 Å². The maximum Gasteiger partial charge on any atom is 0.326 e. The molecule has 3 amide bonds. The summed E-state index contributed by atoms with van der Waals surface area (Å²) >= 11 is 1.12. The Morgan fingerprint density at radius 3 is 2.54 bits per heavy atom. The number of carbonyl (C=O) groups is 4. The van der Waals surface area contributed by atoms with Crippen LogP contribution in [0.4, 0.5) is 5.00 Å². The molecule has 0 saturated carbocycles. The van der Waals surface area contributed by atoms with E-state index in [1.54, 1.807) is 29.6 Å². The number of primary amides is 1. The molecule has 0 aliphatic heterocycles. The molecule has 0 bridgehead atoms. The van der Waals surface area contributed by atoms with Gasteiger partial charge in [-0.15, -0.1) is 11.3 Å². The van der Waals surface area contributed by atoms with Gasteiger partial charge >= 0.3 is 5.97 Å². The maximum absolute atomic E-state index is 12.1. The lowest BCUT2D eigenvalue weighted by atomic mass is 10.2. The van der Waals surface area contributed by atoms with Crippen LogP contribution in [-0.4, -0.2) is 43.4 Å². The molecule has 148 valence electrons. The molecular weight excluding hydrogens is 386 g/mol. The molecule has 4 N–H and O–H groups in total. The third-order valence-electron chi connectivity index (χ3n) is 3.59. The Kier molecular flexibility index (Phi) is 7.10. The number of rotatable bonds is 8. The molecule has 2 rings (SSSR count). The van der Waals surface area contributed by atoms with Crippen LogP contribution >= 0.6 is 11.3 Å². The predicted molar refractivity (Wildman–Crippen MR) is 102 cm³/mol. The van der Waals surface area contributed by atoms with E-state index in [1.807, 2.05) is 0 Å². The third kappa shape index (κ3) is 5.30. The SMILES string of the molecule is COc1ccccc1C(=O)NCC(=O)O[C@@H](C)C(=O)Nc1sccc1C(N)=O. The summed E-state index contributed by atoms with van der Waals surface area (Å²) in [6, 6.07) is 8.01. The quantitative estimate of drug-likeness (QED) is 0.564. The number of thiophene rings is 1. The van der Waals surface area contributed by atoms with Gasteiger partial charge in [0.2, 0.25) is 0 Å². The first-order chi connectivity index (χ1) is 13.3. The van der Waals surface area contributed by atoms with Gasteiger partial charge in [0.25, 0.3) is 17.7 Å². The fourth-order valence-electron chi connectivity index (χ4n) is 2.19. The van der Waals surface area contributed by atoms with Crippen LogP contribution in [0, 0.1) is 0 Å². The summed E-state index contributed by atoms with van der Waals surface area (Å²) in [5.74, 6) is -2.26. The average Bonchev–Trinajstić information content (AvgIpc) is 3.14. The fraction of sp³-hybridized carbons (Fsp3) is 0.222. The van der Waals surface area contributed by atoms with E-state index in [0.717, 1.165) is 11.3 Å². The van der Waals surface area contributed by atoms with Gasteiger partial charge in [-0.3, -0.25) is 19.2 Å². The summed E-state index contributed by atoms with van der Waals surface area (Å²) in [5, 5.41) is 6.75. The third-order valence-corrected chi connectivity index (χ3v) is 4.42. The topological polar surface area (TPSA) is 137 Å². The van der Waals surface area contributed by atoms with Crippen LogP contribution in [0.2, 0.25) is 0 Å². The predicted octanol–water partition coefficient (Wildman–Crippen LogP) is 1.16. The number of hydrogen-bond donors (Lipinski definition) is 3. The van der Waals surface area contributed by atoms with Crippen molar-refractivity contribution in [3.63, 3.8) is 0 Å². The van der Waals surface area contributed by atoms with Gasteiger partial charge in [0.15, 0.2) is 6.10 Å². The van der Waals surface area contributed by atoms with Crippen LogP contribution in [0.1, 0.15) is 27.6 Å². The molecule has 1 heterocycles. The second-order valence-electron chi connectivity index (χ2n) is 5.53. The highest BCUT2D eigenvalue weighted by atomic mass is 32.1. The highest BCUT2D eigenvalue weighted by Gasteiger charge is 2.21. The van der Waals surface area contributed by atoms with Crippen molar-refractivity contribution >= 4 is 40.0 Å². The first-order valence-corrected chi connectivity index (χ1v) is 9.00. The lowest BCUT2D eigenvalue weighted by molar-refractivity contribution is -0.152. The Labute approximate surface area is 164 Å². The molecule has 1 aromatic carbocycles. The number of para-hydroxylation sites is 1. The number of carbonyl (C=O) groups excluding carboxylic acids is 4. The van der Waals surface area contributed by atoms with Gasteiger partial charge in [-0.2, -0.15) is 0 Å². The molecule has 0 aliphatic carbocycles. The van der Waals surface area contributed by atoms with E-state index >= 15 is 0 Å². The van der Waals surface area contributed by atoms with Crippen LogP contribution in [0.3, 0.4) is 0 Å². The van der Waals surface area contributed by atoms with E-state index in [2.05, 4.69) is 10.6 Å². The van der Waals surface area contributed by atoms with Crippen molar-refractivity contribution in [2.24, 2.45) is 5.73 Å². The molecule has 0 unspecified atom stereocenters. The van der Waals surface area contributed by atoms with Crippen LogP contribution in [0.25, 0.3) is 0 Å². The molecule has 0 radical (unpaired) electrons. The molecule has 10 heteroatoms. The summed E-state index contributed by atoms with van der Waals surface area (Å²) in [5.41, 5.74) is 5.64. The molecule has 9 nitrogen and oxygen atoms in total. The average molecular weight is 405 g/mol. The number of ether oxygens (including phenoxy) is 2. The zero-order chi connectivity index (χ0) is 20.7. The van der Waals surface area contributed by atoms with Crippen molar-refractivity contribution in [1.29, 1.82) is 0 Å². The Morgan fingerprint density at radius 2 is 1.86 bits per heavy atom. The van der Waals surface area contributed by atoms with Crippen LogP contribution in [-0.2, 0) is 14.3 Å². The minimum Gasteiger partial charge on any atom is -0.496 e. The van der Waals surface area contributed by atoms with Gasteiger partial charge in [-0.05, 0) is 30.5 Å². The van der Waals surface area contributed by atoms with Crippen molar-refractivity contribution < 1.29 is 28.7 Å². The summed E-state index contributed by atoms with van der Waals surface area (Å²) in [6.45, 7) is 0.937. The zero-order valence-electron chi connectivity index (χ0n) is 15.2. The molecule has 0 spiro atoms. The van der Waals surface area contributed by atoms with Gasteiger partial charge in [-0.25, -0.2) is 0 Å². The van der Waals surface area contributed by atoms with Crippen LogP contribution in [0.5, 0.6) is 5.75 Å². The number of esters is 1. The number of nitrogens with one attached hydrogen (secondary N) is 2. The smallest absolute Gasteiger partial charge is 0.326 e. The Hall–Kier alpha value is -3.40. The molecule has 0 saturated heterocycles. The fourth-order valence-corrected chi connectivity index (χ4v) is 2.98. The summed E-state index contributed by atoms with van der Waals surface area (Å²) in [4.78, 5) is 47.4. The van der Waals surface area contributed by atoms with Crippen LogP contribution < -0.4 is 21.1 Å². The van der Waals surface area contributed by atoms with Gasteiger partial charge in [0, 0.05) is 0 Å². The van der Waals surface area contributed by atoms with Gasteiger partial charge in [0.1, 0.15) is 17.3 Å². The highest BCUT2D eigenvalue weighted by molar-refractivity contribution is 7.14. The highest BCUT2D eigenvalue weighted by Crippen LogP contribution is 2.23. The van der Waals surface area contributed by atoms with Crippen molar-refractivity contribution in [2.45, 2.75) is 13.0 Å². The number of methoxy groups -OCH3 is 1. The normalized spacial score (nSPS) is 11.2. The van der Waals surface area contributed by atoms with Gasteiger partial charge in [0.05, 0.1) is 18.2 Å². The van der Waals surface area contributed by atoms with E-state index in [9.17, 15) is 19.2 Å². The standard InChI is InChI=1S/C18H19N3O6S/c1-10(16(24)21-18-12(15(19)23)7-8-28-18)27-14(22)9-20-17(25)11-5-3-4-6-13(11)26-2/h3-8,10H,9H2,1-2H3,(H2,19,23)(H,20,25)(H,21,24)/t10-/m0/s1. The Morgan fingerprint density at radius 1 is 1.14 bits per heavy atom. The molecular formula is C18H19N3O6S. The van der Waals surface area contributed by atoms with Gasteiger partial charge < -0.3 is 25.8 Å². The molecule has 1 atom stereocenters. The maximum atomic E-state index is 12.1. The number of nitrogens with two attached hydrogens (primary N) is 1. The van der Waals surface area contributed by atoms with Gasteiger partial charge in [-0.1, -0.05) is 12.1 Å². The first kappa shape index (κ1) is 20.9. The Balaban J connectivity index is 1.86. The number of hydrogen-bond acceptors (Lipinski definition) is 7. The molecule has 0 fully saturated rings. The van der Waals surface area contributed by atoms with E-state index in [0.29, 0.717) is 5.75 Å². The van der Waals surface area contributed by atoms with Crippen molar-refractivity contribution in [2.75, 3.05) is 19.0 Å². The molecule has 28 heavy (non-hydrogen) atoms. The largest absolute Gasteiger partial charge is 0.496 e. The van der Waals surface area contributed by atoms with E-state index in [1.165, 1.54) is 20.1 Å². The molecule has 1 aromatic heterocycles. The number of benzene rings is 1. The molecule has 2 aromatic rings. The monoisotopic (exact) mass is 405 g/mol. The van der Waals surface area contributed by atoms with Crippen molar-refractivity contribution in [3.8, 4) is 5.75 Å².